The largest absolute Gasteiger partial charge is 0.454 e. The summed E-state index contributed by atoms with van der Waals surface area (Å²) in [5, 5.41) is 3.35. The van der Waals surface area contributed by atoms with E-state index in [1.54, 1.807) is 6.20 Å². The van der Waals surface area contributed by atoms with E-state index in [9.17, 15) is 0 Å². The summed E-state index contributed by atoms with van der Waals surface area (Å²) in [7, 11) is 0. The third kappa shape index (κ3) is 3.25. The van der Waals surface area contributed by atoms with Gasteiger partial charge in [-0.25, -0.2) is 4.98 Å². The number of fused-ring (bicyclic) bond motifs is 1. The van der Waals surface area contributed by atoms with Crippen LogP contribution < -0.4 is 19.5 Å². The molecule has 0 saturated carbocycles. The van der Waals surface area contributed by atoms with Gasteiger partial charge in [0, 0.05) is 24.4 Å². The number of hydrogen-bond acceptors (Lipinski definition) is 5. The highest BCUT2D eigenvalue weighted by Gasteiger charge is 2.15. The molecular formula is C16H18N2O3. The van der Waals surface area contributed by atoms with Crippen LogP contribution in [0, 0.1) is 0 Å². The van der Waals surface area contributed by atoms with Crippen LogP contribution in [0.1, 0.15) is 18.9 Å². The van der Waals surface area contributed by atoms with Crippen molar-refractivity contribution in [2.45, 2.75) is 19.9 Å². The predicted molar refractivity (Wildman–Crippen MR) is 78.9 cm³/mol. The van der Waals surface area contributed by atoms with E-state index in [-0.39, 0.29) is 6.79 Å². The van der Waals surface area contributed by atoms with Crippen molar-refractivity contribution < 1.29 is 14.2 Å². The van der Waals surface area contributed by atoms with Crippen molar-refractivity contribution in [3.05, 3.63) is 42.1 Å². The number of aromatic nitrogens is 1. The Morgan fingerprint density at radius 1 is 1.24 bits per heavy atom. The van der Waals surface area contributed by atoms with Crippen LogP contribution in [0.5, 0.6) is 23.1 Å². The topological polar surface area (TPSA) is 52.6 Å². The standard InChI is InChI=1S/C16H18N2O3/c1-2-7-17-10-12-4-3-8-18-16(12)21-13-5-6-14-15(9-13)20-11-19-14/h3-6,8-9,17H,2,7,10-11H2,1H3. The van der Waals surface area contributed by atoms with Gasteiger partial charge in [-0.3, -0.25) is 0 Å². The molecule has 0 aliphatic carbocycles. The van der Waals surface area contributed by atoms with Crippen LogP contribution in [0.25, 0.3) is 0 Å². The minimum absolute atomic E-state index is 0.258. The van der Waals surface area contributed by atoms with E-state index in [1.807, 2.05) is 30.3 Å². The Bertz CT molecular complexity index is 616. The van der Waals surface area contributed by atoms with Crippen LogP contribution in [0.2, 0.25) is 0 Å². The molecule has 5 nitrogen and oxygen atoms in total. The summed E-state index contributed by atoms with van der Waals surface area (Å²) in [6.07, 6.45) is 2.82. The van der Waals surface area contributed by atoms with Crippen molar-refractivity contribution in [2.24, 2.45) is 0 Å². The lowest BCUT2D eigenvalue weighted by atomic mass is 10.2. The summed E-state index contributed by atoms with van der Waals surface area (Å²) < 4.78 is 16.5. The molecule has 0 saturated heterocycles. The van der Waals surface area contributed by atoms with E-state index in [2.05, 4.69) is 17.2 Å². The van der Waals surface area contributed by atoms with Gasteiger partial charge in [0.1, 0.15) is 5.75 Å². The summed E-state index contributed by atoms with van der Waals surface area (Å²) in [4.78, 5) is 4.31. The Morgan fingerprint density at radius 2 is 2.14 bits per heavy atom. The molecule has 0 fully saturated rings. The molecule has 0 radical (unpaired) electrons. The van der Waals surface area contributed by atoms with Gasteiger partial charge >= 0.3 is 0 Å². The molecule has 1 N–H and O–H groups in total. The first-order chi connectivity index (χ1) is 10.4. The van der Waals surface area contributed by atoms with E-state index >= 15 is 0 Å². The van der Waals surface area contributed by atoms with Crippen molar-refractivity contribution >= 4 is 0 Å². The maximum absolute atomic E-state index is 5.88. The van der Waals surface area contributed by atoms with Crippen LogP contribution in [-0.2, 0) is 6.54 Å². The molecular weight excluding hydrogens is 268 g/mol. The summed E-state index contributed by atoms with van der Waals surface area (Å²) in [6, 6.07) is 9.44. The quantitative estimate of drug-likeness (QED) is 0.827. The molecule has 0 atom stereocenters. The maximum atomic E-state index is 5.88. The molecule has 0 bridgehead atoms. The number of nitrogens with one attached hydrogen (secondary N) is 1. The first-order valence-electron chi connectivity index (χ1n) is 7.09. The number of hydrogen-bond donors (Lipinski definition) is 1. The Labute approximate surface area is 123 Å². The van der Waals surface area contributed by atoms with E-state index in [1.165, 1.54) is 0 Å². The lowest BCUT2D eigenvalue weighted by Crippen LogP contribution is -2.14. The van der Waals surface area contributed by atoms with Gasteiger partial charge in [0.05, 0.1) is 0 Å². The molecule has 3 rings (SSSR count). The molecule has 5 heteroatoms. The summed E-state index contributed by atoms with van der Waals surface area (Å²) >= 11 is 0. The van der Waals surface area contributed by atoms with E-state index in [4.69, 9.17) is 14.2 Å². The smallest absolute Gasteiger partial charge is 0.231 e. The van der Waals surface area contributed by atoms with Crippen molar-refractivity contribution in [1.82, 2.24) is 10.3 Å². The minimum atomic E-state index is 0.258. The molecule has 1 aliphatic heterocycles. The molecule has 2 aromatic rings. The van der Waals surface area contributed by atoms with Crippen molar-refractivity contribution in [1.29, 1.82) is 0 Å². The van der Waals surface area contributed by atoms with Gasteiger partial charge in [-0.15, -0.1) is 0 Å². The van der Waals surface area contributed by atoms with E-state index in [0.29, 0.717) is 17.4 Å². The molecule has 21 heavy (non-hydrogen) atoms. The zero-order valence-electron chi connectivity index (χ0n) is 12.0. The molecule has 0 spiro atoms. The monoisotopic (exact) mass is 286 g/mol. The summed E-state index contributed by atoms with van der Waals surface area (Å²) in [6.45, 7) is 4.11. The molecule has 1 aromatic carbocycles. The zero-order valence-corrected chi connectivity index (χ0v) is 12.0. The second kappa shape index (κ2) is 6.45. The Hall–Kier alpha value is -2.27. The number of pyridine rings is 1. The number of ether oxygens (including phenoxy) is 3. The fourth-order valence-electron chi connectivity index (χ4n) is 2.10. The summed E-state index contributed by atoms with van der Waals surface area (Å²) in [5.41, 5.74) is 1.03. The lowest BCUT2D eigenvalue weighted by molar-refractivity contribution is 0.174. The first kappa shape index (κ1) is 13.7. The molecule has 1 aliphatic rings. The van der Waals surface area contributed by atoms with Crippen LogP contribution in [0.3, 0.4) is 0 Å². The molecule has 0 amide bonds. The summed E-state index contributed by atoms with van der Waals surface area (Å²) in [5.74, 6) is 2.75. The highest BCUT2D eigenvalue weighted by atomic mass is 16.7. The molecule has 110 valence electrons. The van der Waals surface area contributed by atoms with Crippen molar-refractivity contribution in [3.63, 3.8) is 0 Å². The average molecular weight is 286 g/mol. The Kier molecular flexibility index (Phi) is 4.21. The Balaban J connectivity index is 1.75. The predicted octanol–water partition coefficient (Wildman–Crippen LogP) is 3.10. The van der Waals surface area contributed by atoms with Crippen molar-refractivity contribution in [2.75, 3.05) is 13.3 Å². The van der Waals surface area contributed by atoms with Crippen LogP contribution in [-0.4, -0.2) is 18.3 Å². The number of rotatable bonds is 6. The maximum Gasteiger partial charge on any atom is 0.231 e. The normalized spacial score (nSPS) is 12.4. The Morgan fingerprint density at radius 3 is 3.05 bits per heavy atom. The highest BCUT2D eigenvalue weighted by Crippen LogP contribution is 2.36. The molecule has 0 unspecified atom stereocenters. The SMILES string of the molecule is CCCNCc1cccnc1Oc1ccc2c(c1)OCO2. The van der Waals surface area contributed by atoms with Gasteiger partial charge < -0.3 is 19.5 Å². The zero-order chi connectivity index (χ0) is 14.5. The highest BCUT2D eigenvalue weighted by molar-refractivity contribution is 5.48. The fraction of sp³-hybridized carbons (Fsp3) is 0.312. The lowest BCUT2D eigenvalue weighted by Gasteiger charge is -2.10. The second-order valence-electron chi connectivity index (χ2n) is 4.76. The van der Waals surface area contributed by atoms with E-state index in [0.717, 1.165) is 30.8 Å². The van der Waals surface area contributed by atoms with Gasteiger partial charge in [0.2, 0.25) is 12.7 Å². The third-order valence-electron chi connectivity index (χ3n) is 3.15. The van der Waals surface area contributed by atoms with Crippen LogP contribution in [0.4, 0.5) is 0 Å². The number of benzene rings is 1. The van der Waals surface area contributed by atoms with Crippen LogP contribution >= 0.6 is 0 Å². The first-order valence-corrected chi connectivity index (χ1v) is 7.09. The van der Waals surface area contributed by atoms with Crippen molar-refractivity contribution in [3.8, 4) is 23.1 Å². The fourth-order valence-corrected chi connectivity index (χ4v) is 2.10. The minimum Gasteiger partial charge on any atom is -0.454 e. The van der Waals surface area contributed by atoms with Gasteiger partial charge in [-0.05, 0) is 31.2 Å². The average Bonchev–Trinajstić information content (AvgIpc) is 2.97. The second-order valence-corrected chi connectivity index (χ2v) is 4.76. The van der Waals surface area contributed by atoms with E-state index < -0.39 is 0 Å². The van der Waals surface area contributed by atoms with Gasteiger partial charge in [0.15, 0.2) is 11.5 Å². The van der Waals surface area contributed by atoms with Crippen LogP contribution in [0.15, 0.2) is 36.5 Å². The molecule has 2 heterocycles. The van der Waals surface area contributed by atoms with Gasteiger partial charge in [-0.1, -0.05) is 13.0 Å². The van der Waals surface area contributed by atoms with Gasteiger partial charge in [-0.2, -0.15) is 0 Å². The van der Waals surface area contributed by atoms with Gasteiger partial charge in [0.25, 0.3) is 0 Å². The molecule has 1 aromatic heterocycles. The third-order valence-corrected chi connectivity index (χ3v) is 3.15. The number of nitrogens with zero attached hydrogens (tertiary/aromatic N) is 1.